The van der Waals surface area contributed by atoms with Gasteiger partial charge in [-0.1, -0.05) is 6.07 Å². The average molecular weight is 295 g/mol. The first-order valence-electron chi connectivity index (χ1n) is 5.65. The second-order valence-corrected chi connectivity index (χ2v) is 4.10. The van der Waals surface area contributed by atoms with Gasteiger partial charge in [0.1, 0.15) is 0 Å². The minimum atomic E-state index is -0.500. The van der Waals surface area contributed by atoms with E-state index >= 15 is 0 Å². The van der Waals surface area contributed by atoms with Crippen LogP contribution in [0.25, 0.3) is 0 Å². The zero-order valence-corrected chi connectivity index (χ0v) is 11.3. The maximum absolute atomic E-state index is 10.7. The summed E-state index contributed by atoms with van der Waals surface area (Å²) >= 11 is 5.67. The minimum absolute atomic E-state index is 0.0698. The molecule has 0 bridgehead atoms. The van der Waals surface area contributed by atoms with E-state index < -0.39 is 4.92 Å². The number of nitro benzene ring substituents is 1. The first-order valence-corrected chi connectivity index (χ1v) is 6.18. The summed E-state index contributed by atoms with van der Waals surface area (Å²) in [5.74, 6) is 1.34. The van der Waals surface area contributed by atoms with Gasteiger partial charge < -0.3 is 9.47 Å². The van der Waals surface area contributed by atoms with Gasteiger partial charge in [0.2, 0.25) is 5.88 Å². The molecule has 2 rings (SSSR count). The molecule has 0 aliphatic heterocycles. The number of rotatable bonds is 5. The van der Waals surface area contributed by atoms with Crippen molar-refractivity contribution in [3.63, 3.8) is 0 Å². The molecule has 0 saturated heterocycles. The molecular weight excluding hydrogens is 284 g/mol. The van der Waals surface area contributed by atoms with Gasteiger partial charge in [0, 0.05) is 24.2 Å². The molecule has 0 radical (unpaired) electrons. The molecule has 0 amide bonds. The third-order valence-corrected chi connectivity index (χ3v) is 2.83. The maximum Gasteiger partial charge on any atom is 0.273 e. The number of hydrogen-bond donors (Lipinski definition) is 0. The van der Waals surface area contributed by atoms with Crippen LogP contribution < -0.4 is 9.47 Å². The number of alkyl halides is 1. The number of benzene rings is 1. The summed E-state index contributed by atoms with van der Waals surface area (Å²) in [5.41, 5.74) is 0.800. The largest absolute Gasteiger partial charge is 0.493 e. The molecule has 6 nitrogen and oxygen atoms in total. The highest BCUT2D eigenvalue weighted by Crippen LogP contribution is 2.33. The number of halogens is 1. The molecule has 0 aliphatic rings. The number of hydrogen-bond acceptors (Lipinski definition) is 5. The topological polar surface area (TPSA) is 74.5 Å². The van der Waals surface area contributed by atoms with Crippen LogP contribution in [0.4, 0.5) is 5.69 Å². The predicted molar refractivity (Wildman–Crippen MR) is 73.5 cm³/mol. The molecule has 0 unspecified atom stereocenters. The minimum Gasteiger partial charge on any atom is -0.493 e. The van der Waals surface area contributed by atoms with Crippen LogP contribution in [0.2, 0.25) is 0 Å². The van der Waals surface area contributed by atoms with Crippen molar-refractivity contribution >= 4 is 17.3 Å². The Morgan fingerprint density at radius 1 is 1.30 bits per heavy atom. The van der Waals surface area contributed by atoms with E-state index in [9.17, 15) is 10.1 Å². The molecular formula is C13H11ClN2O4. The Morgan fingerprint density at radius 3 is 2.65 bits per heavy atom. The molecule has 0 atom stereocenters. The molecule has 20 heavy (non-hydrogen) atoms. The van der Waals surface area contributed by atoms with Crippen LogP contribution >= 0.6 is 11.6 Å². The van der Waals surface area contributed by atoms with Crippen molar-refractivity contribution in [3.8, 4) is 17.4 Å². The summed E-state index contributed by atoms with van der Waals surface area (Å²) in [4.78, 5) is 14.3. The van der Waals surface area contributed by atoms with E-state index in [0.717, 1.165) is 5.56 Å². The van der Waals surface area contributed by atoms with E-state index in [0.29, 0.717) is 17.5 Å². The van der Waals surface area contributed by atoms with Gasteiger partial charge in [0.05, 0.1) is 18.1 Å². The molecule has 1 heterocycles. The highest BCUT2D eigenvalue weighted by atomic mass is 35.5. The fraction of sp³-hybridized carbons (Fsp3) is 0.154. The van der Waals surface area contributed by atoms with E-state index in [1.807, 2.05) is 0 Å². The van der Waals surface area contributed by atoms with Crippen LogP contribution in [0.1, 0.15) is 5.56 Å². The molecule has 0 fully saturated rings. The van der Waals surface area contributed by atoms with Crippen molar-refractivity contribution in [1.29, 1.82) is 0 Å². The normalized spacial score (nSPS) is 10.1. The van der Waals surface area contributed by atoms with Crippen molar-refractivity contribution in [3.05, 3.63) is 52.2 Å². The van der Waals surface area contributed by atoms with Gasteiger partial charge >= 0.3 is 0 Å². The van der Waals surface area contributed by atoms with Crippen LogP contribution in [0.15, 0.2) is 36.5 Å². The first kappa shape index (κ1) is 14.1. The van der Waals surface area contributed by atoms with Gasteiger partial charge in [-0.25, -0.2) is 4.98 Å². The van der Waals surface area contributed by atoms with Crippen molar-refractivity contribution in [2.45, 2.75) is 5.88 Å². The number of ether oxygens (including phenoxy) is 2. The van der Waals surface area contributed by atoms with Gasteiger partial charge in [-0.05, 0) is 11.6 Å². The lowest BCUT2D eigenvalue weighted by Crippen LogP contribution is -1.94. The molecule has 0 N–H and O–H groups in total. The van der Waals surface area contributed by atoms with Crippen molar-refractivity contribution < 1.29 is 14.4 Å². The molecule has 7 heteroatoms. The summed E-state index contributed by atoms with van der Waals surface area (Å²) in [6.45, 7) is 0. The Kier molecular flexibility index (Phi) is 4.37. The van der Waals surface area contributed by atoms with Gasteiger partial charge in [-0.2, -0.15) is 0 Å². The third kappa shape index (κ3) is 3.16. The Labute approximate surface area is 120 Å². The van der Waals surface area contributed by atoms with E-state index in [1.165, 1.54) is 25.3 Å². The van der Waals surface area contributed by atoms with E-state index in [1.54, 1.807) is 18.3 Å². The predicted octanol–water partition coefficient (Wildman–Crippen LogP) is 3.53. The van der Waals surface area contributed by atoms with E-state index in [4.69, 9.17) is 21.1 Å². The Bertz CT molecular complexity index is 616. The van der Waals surface area contributed by atoms with Gasteiger partial charge in [0.15, 0.2) is 11.5 Å². The van der Waals surface area contributed by atoms with Crippen LogP contribution in [-0.4, -0.2) is 17.0 Å². The molecule has 104 valence electrons. The summed E-state index contributed by atoms with van der Waals surface area (Å²) in [6, 6.07) is 7.55. The highest BCUT2D eigenvalue weighted by molar-refractivity contribution is 6.17. The fourth-order valence-electron chi connectivity index (χ4n) is 1.52. The zero-order valence-electron chi connectivity index (χ0n) is 10.6. The van der Waals surface area contributed by atoms with Crippen LogP contribution in [-0.2, 0) is 5.88 Å². The molecule has 1 aromatic carbocycles. The Balaban J connectivity index is 2.25. The standard InChI is InChI=1S/C13H11ClN2O4/c1-19-12-6-10(16(17)18)3-4-11(12)20-13-5-2-9(7-14)8-15-13/h2-6,8H,7H2,1H3. The number of aromatic nitrogens is 1. The fourth-order valence-corrected chi connectivity index (χ4v) is 1.68. The van der Waals surface area contributed by atoms with Gasteiger partial charge in [0.25, 0.3) is 5.69 Å². The van der Waals surface area contributed by atoms with E-state index in [2.05, 4.69) is 4.98 Å². The van der Waals surface area contributed by atoms with Crippen LogP contribution in [0, 0.1) is 10.1 Å². The molecule has 0 aliphatic carbocycles. The number of non-ortho nitro benzene ring substituents is 1. The maximum atomic E-state index is 10.7. The second-order valence-electron chi connectivity index (χ2n) is 3.83. The van der Waals surface area contributed by atoms with Crippen LogP contribution in [0.5, 0.6) is 17.4 Å². The number of methoxy groups -OCH3 is 1. The van der Waals surface area contributed by atoms with Gasteiger partial charge in [-0.3, -0.25) is 10.1 Å². The van der Waals surface area contributed by atoms with Crippen molar-refractivity contribution in [1.82, 2.24) is 4.98 Å². The first-order chi connectivity index (χ1) is 9.63. The average Bonchev–Trinajstić information content (AvgIpc) is 2.48. The lowest BCUT2D eigenvalue weighted by Gasteiger charge is -2.09. The monoisotopic (exact) mass is 294 g/mol. The Hall–Kier alpha value is -2.34. The Morgan fingerprint density at radius 2 is 2.10 bits per heavy atom. The summed E-state index contributed by atoms with van der Waals surface area (Å²) in [6.07, 6.45) is 1.60. The van der Waals surface area contributed by atoms with E-state index in [-0.39, 0.29) is 11.4 Å². The highest BCUT2D eigenvalue weighted by Gasteiger charge is 2.13. The number of pyridine rings is 1. The quantitative estimate of drug-likeness (QED) is 0.479. The summed E-state index contributed by atoms with van der Waals surface area (Å²) in [5, 5.41) is 10.7. The molecule has 2 aromatic rings. The second kappa shape index (κ2) is 6.21. The van der Waals surface area contributed by atoms with Crippen molar-refractivity contribution in [2.75, 3.05) is 7.11 Å². The third-order valence-electron chi connectivity index (χ3n) is 2.52. The van der Waals surface area contributed by atoms with Crippen LogP contribution in [0.3, 0.4) is 0 Å². The summed E-state index contributed by atoms with van der Waals surface area (Å²) < 4.78 is 10.6. The lowest BCUT2D eigenvalue weighted by atomic mass is 10.3. The molecule has 0 saturated carbocycles. The number of nitrogens with zero attached hydrogens (tertiary/aromatic N) is 2. The SMILES string of the molecule is COc1cc([N+](=O)[O-])ccc1Oc1ccc(CCl)cn1. The molecule has 0 spiro atoms. The zero-order chi connectivity index (χ0) is 14.5. The lowest BCUT2D eigenvalue weighted by molar-refractivity contribution is -0.384. The van der Waals surface area contributed by atoms with Gasteiger partial charge in [-0.15, -0.1) is 11.6 Å². The summed E-state index contributed by atoms with van der Waals surface area (Å²) in [7, 11) is 1.41. The van der Waals surface area contributed by atoms with Crippen molar-refractivity contribution in [2.24, 2.45) is 0 Å². The smallest absolute Gasteiger partial charge is 0.273 e. The molecule has 1 aromatic heterocycles. The number of nitro groups is 1.